The number of carbonyl (C=O) groups is 1. The zero-order valence-corrected chi connectivity index (χ0v) is 12.3. The minimum Gasteiger partial charge on any atom is -0.370 e. The molecule has 0 heterocycles. The molecule has 0 fully saturated rings. The summed E-state index contributed by atoms with van der Waals surface area (Å²) in [6, 6.07) is 0.656. The third-order valence-electron chi connectivity index (χ3n) is 2.95. The summed E-state index contributed by atoms with van der Waals surface area (Å²) in [7, 11) is 0. The van der Waals surface area contributed by atoms with Gasteiger partial charge in [0.25, 0.3) is 0 Å². The Balaban J connectivity index is 4.55. The molecule has 0 aromatic carbocycles. The van der Waals surface area contributed by atoms with Gasteiger partial charge in [0.05, 0.1) is 6.04 Å². The van der Waals surface area contributed by atoms with Crippen LogP contribution in [-0.2, 0) is 4.79 Å². The van der Waals surface area contributed by atoms with E-state index >= 15 is 0 Å². The van der Waals surface area contributed by atoms with E-state index in [0.717, 1.165) is 12.8 Å². The van der Waals surface area contributed by atoms with Crippen molar-refractivity contribution in [2.24, 2.45) is 16.5 Å². The van der Waals surface area contributed by atoms with Crippen LogP contribution in [0.1, 0.15) is 47.5 Å². The maximum atomic E-state index is 11.8. The Morgan fingerprint density at radius 2 is 1.67 bits per heavy atom. The van der Waals surface area contributed by atoms with Gasteiger partial charge in [0.2, 0.25) is 0 Å². The molecule has 0 aliphatic heterocycles. The minimum absolute atomic E-state index is 0.0424. The average molecular weight is 256 g/mol. The standard InChI is InChI=1S/C13H28N4O/c1-9(2)17(10(3)4)12(11(5)18)7-6-8-16-13(14)15/h9-10,12H,6-8H2,1-5H3,(H4,14,15,16). The van der Waals surface area contributed by atoms with E-state index in [9.17, 15) is 4.79 Å². The number of guanidine groups is 1. The van der Waals surface area contributed by atoms with E-state index in [4.69, 9.17) is 11.5 Å². The highest BCUT2D eigenvalue weighted by atomic mass is 16.1. The molecule has 0 aromatic heterocycles. The summed E-state index contributed by atoms with van der Waals surface area (Å²) in [5.74, 6) is 0.320. The van der Waals surface area contributed by atoms with E-state index in [0.29, 0.717) is 18.6 Å². The molecular formula is C13H28N4O. The highest BCUT2D eigenvalue weighted by Crippen LogP contribution is 2.16. The number of rotatable bonds is 8. The summed E-state index contributed by atoms with van der Waals surface area (Å²) in [5.41, 5.74) is 10.6. The maximum Gasteiger partial charge on any atom is 0.185 e. The Bertz CT molecular complexity index is 275. The van der Waals surface area contributed by atoms with Crippen LogP contribution in [0.15, 0.2) is 4.99 Å². The number of hydrogen-bond donors (Lipinski definition) is 2. The molecule has 0 aromatic rings. The quantitative estimate of drug-likeness (QED) is 0.387. The number of hydrogen-bond acceptors (Lipinski definition) is 3. The van der Waals surface area contributed by atoms with Gasteiger partial charge in [0, 0.05) is 18.6 Å². The van der Waals surface area contributed by atoms with Crippen molar-refractivity contribution in [3.05, 3.63) is 0 Å². The van der Waals surface area contributed by atoms with Crippen LogP contribution in [0, 0.1) is 0 Å². The van der Waals surface area contributed by atoms with Crippen molar-refractivity contribution in [3.8, 4) is 0 Å². The summed E-state index contributed by atoms with van der Waals surface area (Å²) in [6.45, 7) is 10.7. The summed E-state index contributed by atoms with van der Waals surface area (Å²) >= 11 is 0. The van der Waals surface area contributed by atoms with Gasteiger partial charge in [-0.1, -0.05) is 0 Å². The predicted octanol–water partition coefficient (Wildman–Crippen LogP) is 1.12. The van der Waals surface area contributed by atoms with Crippen molar-refractivity contribution < 1.29 is 4.79 Å². The lowest BCUT2D eigenvalue weighted by atomic mass is 10.0. The maximum absolute atomic E-state index is 11.8. The predicted molar refractivity (Wildman–Crippen MR) is 76.5 cm³/mol. The van der Waals surface area contributed by atoms with Crippen molar-refractivity contribution in [1.29, 1.82) is 0 Å². The first-order valence-corrected chi connectivity index (χ1v) is 6.60. The summed E-state index contributed by atoms with van der Waals surface area (Å²) in [4.78, 5) is 18.0. The molecule has 0 radical (unpaired) electrons. The van der Waals surface area contributed by atoms with Gasteiger partial charge < -0.3 is 11.5 Å². The topological polar surface area (TPSA) is 84.7 Å². The fourth-order valence-corrected chi connectivity index (χ4v) is 2.37. The molecule has 5 heteroatoms. The van der Waals surface area contributed by atoms with Gasteiger partial charge in [-0.05, 0) is 47.5 Å². The van der Waals surface area contributed by atoms with Gasteiger partial charge in [0.1, 0.15) is 5.78 Å². The molecule has 0 saturated heterocycles. The van der Waals surface area contributed by atoms with Crippen LogP contribution in [-0.4, -0.2) is 41.3 Å². The Morgan fingerprint density at radius 3 is 2.00 bits per heavy atom. The zero-order chi connectivity index (χ0) is 14.3. The molecule has 106 valence electrons. The molecule has 0 saturated carbocycles. The van der Waals surface area contributed by atoms with Gasteiger partial charge in [-0.25, -0.2) is 0 Å². The highest BCUT2D eigenvalue weighted by molar-refractivity contribution is 5.81. The fraction of sp³-hybridized carbons (Fsp3) is 0.846. The molecule has 0 amide bonds. The first kappa shape index (κ1) is 16.9. The van der Waals surface area contributed by atoms with Crippen molar-refractivity contribution in [2.45, 2.75) is 65.6 Å². The van der Waals surface area contributed by atoms with Crippen molar-refractivity contribution >= 4 is 11.7 Å². The van der Waals surface area contributed by atoms with Crippen LogP contribution in [0.25, 0.3) is 0 Å². The molecule has 18 heavy (non-hydrogen) atoms. The van der Waals surface area contributed by atoms with Crippen LogP contribution in [0.5, 0.6) is 0 Å². The zero-order valence-electron chi connectivity index (χ0n) is 12.3. The number of nitrogens with zero attached hydrogens (tertiary/aromatic N) is 2. The fourth-order valence-electron chi connectivity index (χ4n) is 2.37. The van der Waals surface area contributed by atoms with Crippen molar-refractivity contribution in [1.82, 2.24) is 4.90 Å². The number of aliphatic imine (C=N–C) groups is 1. The molecule has 4 N–H and O–H groups in total. The molecule has 0 spiro atoms. The van der Waals surface area contributed by atoms with Gasteiger partial charge in [-0.2, -0.15) is 0 Å². The van der Waals surface area contributed by atoms with E-state index in [-0.39, 0.29) is 17.8 Å². The Morgan fingerprint density at radius 1 is 1.17 bits per heavy atom. The van der Waals surface area contributed by atoms with Crippen LogP contribution in [0.3, 0.4) is 0 Å². The third-order valence-corrected chi connectivity index (χ3v) is 2.95. The number of ketones is 1. The molecule has 0 aliphatic rings. The number of nitrogens with two attached hydrogens (primary N) is 2. The Labute approximate surface area is 111 Å². The molecular weight excluding hydrogens is 228 g/mol. The van der Waals surface area contributed by atoms with E-state index in [2.05, 4.69) is 37.6 Å². The molecule has 5 nitrogen and oxygen atoms in total. The smallest absolute Gasteiger partial charge is 0.185 e. The van der Waals surface area contributed by atoms with Crippen LogP contribution >= 0.6 is 0 Å². The second-order valence-electron chi connectivity index (χ2n) is 5.21. The normalized spacial score (nSPS) is 13.1. The second-order valence-corrected chi connectivity index (χ2v) is 5.21. The molecule has 1 unspecified atom stereocenters. The lowest BCUT2D eigenvalue weighted by molar-refractivity contribution is -0.124. The van der Waals surface area contributed by atoms with Crippen molar-refractivity contribution in [2.75, 3.05) is 6.54 Å². The minimum atomic E-state index is -0.0424. The van der Waals surface area contributed by atoms with Crippen LogP contribution < -0.4 is 11.5 Å². The number of carbonyl (C=O) groups excluding carboxylic acids is 1. The molecule has 1 atom stereocenters. The Kier molecular flexibility index (Phi) is 7.59. The van der Waals surface area contributed by atoms with E-state index in [1.54, 1.807) is 6.92 Å². The van der Waals surface area contributed by atoms with Gasteiger partial charge >= 0.3 is 0 Å². The summed E-state index contributed by atoms with van der Waals surface area (Å²) in [6.07, 6.45) is 1.61. The SMILES string of the molecule is CC(=O)C(CCCN=C(N)N)N(C(C)C)C(C)C. The van der Waals surface area contributed by atoms with Gasteiger partial charge in [0.15, 0.2) is 5.96 Å². The monoisotopic (exact) mass is 256 g/mol. The lowest BCUT2D eigenvalue weighted by Crippen LogP contribution is -2.48. The van der Waals surface area contributed by atoms with E-state index < -0.39 is 0 Å². The molecule has 0 bridgehead atoms. The first-order valence-electron chi connectivity index (χ1n) is 6.60. The summed E-state index contributed by atoms with van der Waals surface area (Å²) < 4.78 is 0. The van der Waals surface area contributed by atoms with Crippen LogP contribution in [0.4, 0.5) is 0 Å². The molecule has 0 aliphatic carbocycles. The van der Waals surface area contributed by atoms with Gasteiger partial charge in [-0.3, -0.25) is 14.7 Å². The van der Waals surface area contributed by atoms with E-state index in [1.807, 2.05) is 0 Å². The second kappa shape index (κ2) is 8.08. The highest BCUT2D eigenvalue weighted by Gasteiger charge is 2.26. The largest absolute Gasteiger partial charge is 0.370 e. The first-order chi connectivity index (χ1) is 8.27. The molecule has 0 rings (SSSR count). The van der Waals surface area contributed by atoms with Crippen LogP contribution in [0.2, 0.25) is 0 Å². The Hall–Kier alpha value is -1.10. The lowest BCUT2D eigenvalue weighted by Gasteiger charge is -2.36. The van der Waals surface area contributed by atoms with Crippen molar-refractivity contribution in [3.63, 3.8) is 0 Å². The van der Waals surface area contributed by atoms with Gasteiger partial charge in [-0.15, -0.1) is 0 Å². The average Bonchev–Trinajstić information content (AvgIpc) is 2.20. The number of Topliss-reactive ketones (excluding diaryl/α,β-unsaturated/α-hetero) is 1. The summed E-state index contributed by atoms with van der Waals surface area (Å²) in [5, 5.41) is 0. The van der Waals surface area contributed by atoms with E-state index in [1.165, 1.54) is 0 Å². The third kappa shape index (κ3) is 6.00.